The molecule has 2 fully saturated rings. The van der Waals surface area contributed by atoms with Gasteiger partial charge in [-0.2, -0.15) is 0 Å². The van der Waals surface area contributed by atoms with Crippen LogP contribution in [0.5, 0.6) is 17.2 Å². The SMILES string of the molecule is C[C@]1(c2ccc(Cl)cn2)Oc2cccc(C3CCN(Cc4nc5c(OC6COC6)cc(C(=O)O)cc5n4Cc4cncs4)CC3)c2O1. The molecule has 3 aromatic heterocycles. The van der Waals surface area contributed by atoms with Gasteiger partial charge in [-0.05, 0) is 62.2 Å². The van der Waals surface area contributed by atoms with Gasteiger partial charge in [-0.25, -0.2) is 9.78 Å². The number of ether oxygens (including phenoxy) is 4. The van der Waals surface area contributed by atoms with Crippen molar-refractivity contribution in [1.29, 1.82) is 0 Å². The van der Waals surface area contributed by atoms with E-state index in [1.165, 1.54) is 0 Å². The molecule has 13 heteroatoms. The number of fused-ring (bicyclic) bond motifs is 2. The molecule has 5 aromatic rings. The summed E-state index contributed by atoms with van der Waals surface area (Å²) in [5.41, 5.74) is 5.15. The molecule has 242 valence electrons. The standard InChI is InChI=1S/C34H32ClN5O6S/c1-34(29-6-5-22(35)13-37-29)45-27-4-2-3-25(32(27)46-34)20-7-9-39(10-8-20)16-30-38-31-26(40(30)15-24-14-36-19-47-24)11-21(33(41)42)12-28(31)44-23-17-43-18-23/h2-6,11-14,19-20,23H,7-10,15-18H2,1H3,(H,41,42)/t34-/m0/s1. The van der Waals surface area contributed by atoms with Crippen LogP contribution in [0, 0.1) is 0 Å². The lowest BCUT2D eigenvalue weighted by Crippen LogP contribution is -2.38. The van der Waals surface area contributed by atoms with Crippen molar-refractivity contribution in [1.82, 2.24) is 24.4 Å². The van der Waals surface area contributed by atoms with Crippen molar-refractivity contribution >= 4 is 39.9 Å². The van der Waals surface area contributed by atoms with Crippen molar-refractivity contribution in [3.8, 4) is 17.2 Å². The van der Waals surface area contributed by atoms with Crippen molar-refractivity contribution in [3.05, 3.63) is 92.9 Å². The van der Waals surface area contributed by atoms with Gasteiger partial charge in [0.1, 0.15) is 28.9 Å². The minimum atomic E-state index is -1.03. The zero-order valence-corrected chi connectivity index (χ0v) is 27.2. The topological polar surface area (TPSA) is 121 Å². The Kier molecular flexibility index (Phi) is 7.75. The number of para-hydroxylation sites is 1. The number of carbonyl (C=O) groups is 1. The Morgan fingerprint density at radius 2 is 1.98 bits per heavy atom. The minimum absolute atomic E-state index is 0.120. The highest BCUT2D eigenvalue weighted by Crippen LogP contribution is 2.49. The highest BCUT2D eigenvalue weighted by atomic mass is 35.5. The summed E-state index contributed by atoms with van der Waals surface area (Å²) in [7, 11) is 0. The van der Waals surface area contributed by atoms with Crippen LogP contribution in [-0.4, -0.2) is 67.9 Å². The summed E-state index contributed by atoms with van der Waals surface area (Å²) in [6, 6.07) is 13.0. The predicted molar refractivity (Wildman–Crippen MR) is 175 cm³/mol. The summed E-state index contributed by atoms with van der Waals surface area (Å²) in [6.07, 6.45) is 5.19. The first-order valence-electron chi connectivity index (χ1n) is 15.6. The first kappa shape index (κ1) is 30.1. The van der Waals surface area contributed by atoms with Crippen LogP contribution in [0.1, 0.15) is 58.0 Å². The summed E-state index contributed by atoms with van der Waals surface area (Å²) < 4.78 is 26.4. The molecule has 0 bridgehead atoms. The number of aromatic nitrogens is 4. The van der Waals surface area contributed by atoms with Gasteiger partial charge in [-0.15, -0.1) is 11.3 Å². The zero-order valence-electron chi connectivity index (χ0n) is 25.6. The van der Waals surface area contributed by atoms with Gasteiger partial charge in [0, 0.05) is 29.8 Å². The maximum absolute atomic E-state index is 12.1. The number of carboxylic acids is 1. The van der Waals surface area contributed by atoms with Crippen LogP contribution in [0.25, 0.3) is 11.0 Å². The summed E-state index contributed by atoms with van der Waals surface area (Å²) >= 11 is 7.63. The van der Waals surface area contributed by atoms with Crippen molar-refractivity contribution in [2.24, 2.45) is 0 Å². The van der Waals surface area contributed by atoms with E-state index in [0.29, 0.717) is 60.0 Å². The second kappa shape index (κ2) is 12.1. The second-order valence-corrected chi connectivity index (χ2v) is 13.7. The molecule has 0 aliphatic carbocycles. The molecule has 47 heavy (non-hydrogen) atoms. The van der Waals surface area contributed by atoms with Crippen LogP contribution in [0.3, 0.4) is 0 Å². The minimum Gasteiger partial charge on any atom is -0.483 e. The molecule has 1 atom stereocenters. The molecule has 11 nitrogen and oxygen atoms in total. The number of rotatable bonds is 9. The number of aromatic carboxylic acids is 1. The van der Waals surface area contributed by atoms with E-state index < -0.39 is 11.8 Å². The fourth-order valence-electron chi connectivity index (χ4n) is 6.51. The molecule has 0 saturated carbocycles. The van der Waals surface area contributed by atoms with E-state index in [2.05, 4.69) is 25.5 Å². The lowest BCUT2D eigenvalue weighted by molar-refractivity contribution is -0.0791. The number of halogens is 1. The Morgan fingerprint density at radius 3 is 2.68 bits per heavy atom. The third kappa shape index (κ3) is 5.80. The molecule has 1 N–H and O–H groups in total. The Bertz CT molecular complexity index is 1940. The van der Waals surface area contributed by atoms with Gasteiger partial charge >= 0.3 is 5.97 Å². The molecule has 8 rings (SSSR count). The second-order valence-electron chi connectivity index (χ2n) is 12.2. The number of likely N-dealkylation sites (tertiary alicyclic amines) is 1. The van der Waals surface area contributed by atoms with Crippen LogP contribution in [0.4, 0.5) is 0 Å². The van der Waals surface area contributed by atoms with Gasteiger partial charge in [-0.3, -0.25) is 14.9 Å². The lowest BCUT2D eigenvalue weighted by atomic mass is 9.88. The molecule has 0 radical (unpaired) electrons. The Hall–Kier alpha value is -4.23. The highest BCUT2D eigenvalue weighted by Gasteiger charge is 2.42. The van der Waals surface area contributed by atoms with Crippen molar-refractivity contribution in [3.63, 3.8) is 0 Å². The lowest BCUT2D eigenvalue weighted by Gasteiger charge is -2.32. The van der Waals surface area contributed by atoms with E-state index in [1.54, 1.807) is 41.2 Å². The zero-order chi connectivity index (χ0) is 32.1. The Balaban J connectivity index is 1.04. The smallest absolute Gasteiger partial charge is 0.335 e. The van der Waals surface area contributed by atoms with Crippen molar-refractivity contribution in [2.75, 3.05) is 26.3 Å². The molecule has 2 saturated heterocycles. The first-order valence-corrected chi connectivity index (χ1v) is 16.8. The fraction of sp³-hybridized carbons (Fsp3) is 0.353. The van der Waals surface area contributed by atoms with Crippen LogP contribution in [0.2, 0.25) is 5.02 Å². The molecular formula is C34H32ClN5O6S. The summed E-state index contributed by atoms with van der Waals surface area (Å²) in [4.78, 5) is 29.3. The van der Waals surface area contributed by atoms with E-state index in [-0.39, 0.29) is 11.7 Å². The van der Waals surface area contributed by atoms with E-state index in [1.807, 2.05) is 31.3 Å². The number of hydrogen-bond donors (Lipinski definition) is 1. The Labute approximate surface area is 279 Å². The monoisotopic (exact) mass is 673 g/mol. The number of hydrogen-bond acceptors (Lipinski definition) is 10. The number of carboxylic acid groups (broad SMARTS) is 1. The van der Waals surface area contributed by atoms with Gasteiger partial charge in [0.05, 0.1) is 47.9 Å². The van der Waals surface area contributed by atoms with E-state index in [9.17, 15) is 9.90 Å². The summed E-state index contributed by atoms with van der Waals surface area (Å²) in [5, 5.41) is 10.5. The number of thiazole rings is 1. The molecule has 3 aliphatic heterocycles. The van der Waals surface area contributed by atoms with E-state index >= 15 is 0 Å². The number of benzene rings is 2. The fourth-order valence-corrected chi connectivity index (χ4v) is 7.20. The number of nitrogens with zero attached hydrogens (tertiary/aromatic N) is 5. The number of pyridine rings is 1. The van der Waals surface area contributed by atoms with Gasteiger partial charge < -0.3 is 28.6 Å². The van der Waals surface area contributed by atoms with E-state index in [0.717, 1.165) is 53.5 Å². The number of imidazole rings is 1. The van der Waals surface area contributed by atoms with Crippen LogP contribution in [0.15, 0.2) is 60.4 Å². The average molecular weight is 674 g/mol. The number of piperidine rings is 1. The molecular weight excluding hydrogens is 642 g/mol. The molecule has 6 heterocycles. The average Bonchev–Trinajstić information content (AvgIpc) is 3.77. The molecule has 3 aliphatic rings. The van der Waals surface area contributed by atoms with Crippen LogP contribution < -0.4 is 14.2 Å². The van der Waals surface area contributed by atoms with Gasteiger partial charge in [0.15, 0.2) is 11.5 Å². The highest BCUT2D eigenvalue weighted by molar-refractivity contribution is 7.09. The quantitative estimate of drug-likeness (QED) is 0.197. The third-order valence-corrected chi connectivity index (χ3v) is 10.0. The molecule has 0 amide bonds. The maximum atomic E-state index is 12.1. The van der Waals surface area contributed by atoms with Crippen molar-refractivity contribution in [2.45, 2.75) is 50.7 Å². The van der Waals surface area contributed by atoms with Crippen LogP contribution >= 0.6 is 22.9 Å². The third-order valence-electron chi connectivity index (χ3n) is 9.04. The first-order chi connectivity index (χ1) is 22.8. The van der Waals surface area contributed by atoms with Crippen molar-refractivity contribution < 1.29 is 28.8 Å². The maximum Gasteiger partial charge on any atom is 0.335 e. The molecule has 0 spiro atoms. The predicted octanol–water partition coefficient (Wildman–Crippen LogP) is 6.09. The molecule has 0 unspecified atom stereocenters. The van der Waals surface area contributed by atoms with E-state index in [4.69, 9.17) is 35.5 Å². The normalized spacial score (nSPS) is 20.0. The van der Waals surface area contributed by atoms with Gasteiger partial charge in [-0.1, -0.05) is 23.7 Å². The summed E-state index contributed by atoms with van der Waals surface area (Å²) in [6.45, 7) is 5.70. The van der Waals surface area contributed by atoms with Gasteiger partial charge in [0.25, 0.3) is 5.79 Å². The van der Waals surface area contributed by atoms with Crippen LogP contribution in [-0.2, 0) is 23.6 Å². The summed E-state index contributed by atoms with van der Waals surface area (Å²) in [5.74, 6) is 1.06. The largest absolute Gasteiger partial charge is 0.483 e. The Morgan fingerprint density at radius 1 is 1.13 bits per heavy atom. The molecule has 2 aromatic carbocycles. The van der Waals surface area contributed by atoms with Gasteiger partial charge in [0.2, 0.25) is 0 Å².